The molecule has 4 aromatic rings. The maximum Gasteiger partial charge on any atom is 0.310 e. The number of carbonyl (C=O) groups excluding carboxylic acids is 1. The van der Waals surface area contributed by atoms with E-state index in [0.29, 0.717) is 36.4 Å². The molecule has 4 bridgehead atoms. The fraction of sp³-hybridized carbons (Fsp3) is 0.475. The lowest BCUT2D eigenvalue weighted by atomic mass is 9.75. The number of hydrogen-bond donors (Lipinski definition) is 2. The van der Waals surface area contributed by atoms with E-state index in [0.717, 1.165) is 45.2 Å². The van der Waals surface area contributed by atoms with E-state index in [4.69, 9.17) is 4.74 Å². The van der Waals surface area contributed by atoms with Crippen molar-refractivity contribution in [1.29, 1.82) is 0 Å². The quantitative estimate of drug-likeness (QED) is 0.137. The van der Waals surface area contributed by atoms with Crippen molar-refractivity contribution in [2.75, 3.05) is 26.2 Å². The number of hydrogen-bond acceptors (Lipinski definition) is 4. The topological polar surface area (TPSA) is 64.4 Å². The first-order chi connectivity index (χ1) is 22.6. The number of fused-ring (bicyclic) bond motifs is 7. The Bertz CT molecular complexity index is 1730. The number of benzene rings is 2. The largest absolute Gasteiger partial charge is 0.466 e. The number of aromatic nitrogens is 2. The molecule has 6 heterocycles. The summed E-state index contributed by atoms with van der Waals surface area (Å²) in [5.41, 5.74) is 5.27. The fourth-order valence-electron chi connectivity index (χ4n) is 9.46. The van der Waals surface area contributed by atoms with E-state index in [2.05, 4.69) is 105 Å². The highest BCUT2D eigenvalue weighted by Crippen LogP contribution is 2.41. The van der Waals surface area contributed by atoms with Crippen molar-refractivity contribution in [2.24, 2.45) is 23.7 Å². The molecule has 0 spiro atoms. The fourth-order valence-corrected chi connectivity index (χ4v) is 9.46. The normalized spacial score (nSPS) is 28.3. The minimum Gasteiger partial charge on any atom is -0.466 e. The molecule has 2 fully saturated rings. The van der Waals surface area contributed by atoms with Crippen molar-refractivity contribution in [3.8, 4) is 0 Å². The van der Waals surface area contributed by atoms with E-state index in [-0.39, 0.29) is 17.9 Å². The lowest BCUT2D eigenvalue weighted by Gasteiger charge is -2.49. The molecule has 4 aliphatic heterocycles. The predicted molar refractivity (Wildman–Crippen MR) is 186 cm³/mol. The Labute approximate surface area is 272 Å². The van der Waals surface area contributed by atoms with Crippen LogP contribution in [0, 0.1) is 23.7 Å². The zero-order chi connectivity index (χ0) is 31.0. The zero-order valence-electron chi connectivity index (χ0n) is 27.1. The molecule has 0 radical (unpaired) electrons. The first-order valence-corrected chi connectivity index (χ1v) is 17.8. The van der Waals surface area contributed by atoms with Crippen molar-refractivity contribution in [3.63, 3.8) is 0 Å². The summed E-state index contributed by atoms with van der Waals surface area (Å²) >= 11 is 0. The van der Waals surface area contributed by atoms with Gasteiger partial charge in [-0.05, 0) is 92.9 Å². The van der Waals surface area contributed by atoms with Gasteiger partial charge < -0.3 is 14.7 Å². The third-order valence-corrected chi connectivity index (χ3v) is 11.7. The Morgan fingerprint density at radius 2 is 1.65 bits per heavy atom. The van der Waals surface area contributed by atoms with Crippen LogP contribution in [0.5, 0.6) is 0 Å². The standard InChI is InChI=1S/C40H48N4O2/c1-2-46-40(45)35-21-28-14-17-39(35)44(26-28)32(22-31-24-42-37-12-6-4-10-34(31)37)16-15-29-20-27-8-7-13-38(29)43(25-27)19-18-30-23-41-36-11-5-3-9-33(30)36/h3-12,14,17,23-24,27-29,32,35,38-39,41-42H,2,13,15-16,18-22,25-26H2,1H3. The van der Waals surface area contributed by atoms with Crippen LogP contribution in [0.2, 0.25) is 0 Å². The Kier molecular flexibility index (Phi) is 8.34. The number of esters is 1. The van der Waals surface area contributed by atoms with Gasteiger partial charge in [-0.15, -0.1) is 0 Å². The van der Waals surface area contributed by atoms with Crippen LogP contribution in [0.1, 0.15) is 50.2 Å². The number of H-pyrrole nitrogens is 2. The second-order valence-corrected chi connectivity index (χ2v) is 14.3. The van der Waals surface area contributed by atoms with Crippen LogP contribution in [0.4, 0.5) is 0 Å². The molecule has 2 saturated heterocycles. The Balaban J connectivity index is 1.02. The second kappa shape index (κ2) is 12.9. The molecule has 240 valence electrons. The van der Waals surface area contributed by atoms with E-state index >= 15 is 0 Å². The van der Waals surface area contributed by atoms with Gasteiger partial charge in [0.05, 0.1) is 12.5 Å². The number of piperidine rings is 2. The molecule has 7 atom stereocenters. The van der Waals surface area contributed by atoms with E-state index < -0.39 is 0 Å². The van der Waals surface area contributed by atoms with Gasteiger partial charge in [-0.2, -0.15) is 0 Å². The second-order valence-electron chi connectivity index (χ2n) is 14.3. The molecule has 46 heavy (non-hydrogen) atoms. The van der Waals surface area contributed by atoms with Gasteiger partial charge in [0.2, 0.25) is 0 Å². The van der Waals surface area contributed by atoms with E-state index in [1.807, 2.05) is 6.92 Å². The molecule has 6 aliphatic rings. The first kappa shape index (κ1) is 29.8. The zero-order valence-corrected chi connectivity index (χ0v) is 27.1. The maximum atomic E-state index is 13.1. The molecule has 0 saturated carbocycles. The molecule has 7 unspecified atom stereocenters. The number of nitrogens with zero attached hydrogens (tertiary/aromatic N) is 2. The summed E-state index contributed by atoms with van der Waals surface area (Å²) in [6, 6.07) is 18.5. The molecule has 6 nitrogen and oxygen atoms in total. The Hall–Kier alpha value is -3.61. The van der Waals surface area contributed by atoms with Gasteiger partial charge in [-0.3, -0.25) is 14.6 Å². The molecule has 2 N–H and O–H groups in total. The molecule has 6 heteroatoms. The number of para-hydroxylation sites is 2. The number of ether oxygens (including phenoxy) is 1. The highest BCUT2D eigenvalue weighted by molar-refractivity contribution is 5.83. The smallest absolute Gasteiger partial charge is 0.310 e. The van der Waals surface area contributed by atoms with Crippen LogP contribution in [-0.2, 0) is 22.4 Å². The summed E-state index contributed by atoms with van der Waals surface area (Å²) in [6.07, 6.45) is 21.9. The van der Waals surface area contributed by atoms with Crippen LogP contribution in [-0.4, -0.2) is 70.1 Å². The van der Waals surface area contributed by atoms with Crippen molar-refractivity contribution in [1.82, 2.24) is 19.8 Å². The summed E-state index contributed by atoms with van der Waals surface area (Å²) in [5, 5.41) is 2.69. The van der Waals surface area contributed by atoms with Gasteiger partial charge in [0.25, 0.3) is 0 Å². The third kappa shape index (κ3) is 5.75. The highest BCUT2D eigenvalue weighted by Gasteiger charge is 2.45. The SMILES string of the molecule is CCOC(=O)C1CC2C=CC1N(C(CCC1CC3C=CCC1N(CCc1c[nH]c4ccccc14)C3)Cc1c[nH]c3ccccc13)C2. The van der Waals surface area contributed by atoms with E-state index in [9.17, 15) is 4.79 Å². The van der Waals surface area contributed by atoms with Crippen LogP contribution in [0.3, 0.4) is 0 Å². The predicted octanol–water partition coefficient (Wildman–Crippen LogP) is 7.29. The number of nitrogens with one attached hydrogen (secondary N) is 2. The lowest BCUT2D eigenvalue weighted by Crippen LogP contribution is -2.57. The molecule has 2 aromatic carbocycles. The minimum atomic E-state index is -0.0627. The average Bonchev–Trinajstić information content (AvgIpc) is 3.57. The van der Waals surface area contributed by atoms with Crippen LogP contribution in [0.25, 0.3) is 21.8 Å². The van der Waals surface area contributed by atoms with Crippen LogP contribution < -0.4 is 0 Å². The molecule has 2 aliphatic carbocycles. The highest BCUT2D eigenvalue weighted by atomic mass is 16.5. The van der Waals surface area contributed by atoms with Crippen molar-refractivity contribution >= 4 is 27.8 Å². The number of carbonyl (C=O) groups is 1. The van der Waals surface area contributed by atoms with Gasteiger partial charge in [0.1, 0.15) is 0 Å². The van der Waals surface area contributed by atoms with Crippen LogP contribution >= 0.6 is 0 Å². The van der Waals surface area contributed by atoms with Gasteiger partial charge >= 0.3 is 5.97 Å². The number of rotatable bonds is 11. The molecular weight excluding hydrogens is 568 g/mol. The Morgan fingerprint density at radius 1 is 0.913 bits per heavy atom. The monoisotopic (exact) mass is 616 g/mol. The average molecular weight is 617 g/mol. The van der Waals surface area contributed by atoms with Crippen molar-refractivity contribution < 1.29 is 9.53 Å². The summed E-state index contributed by atoms with van der Waals surface area (Å²) < 4.78 is 5.59. The third-order valence-electron chi connectivity index (χ3n) is 11.7. The minimum absolute atomic E-state index is 0.0182. The first-order valence-electron chi connectivity index (χ1n) is 17.8. The molecule has 10 rings (SSSR count). The Morgan fingerprint density at radius 3 is 2.43 bits per heavy atom. The summed E-state index contributed by atoms with van der Waals surface area (Å²) in [6.45, 7) is 5.71. The van der Waals surface area contributed by atoms with E-state index in [1.165, 1.54) is 52.3 Å². The summed E-state index contributed by atoms with van der Waals surface area (Å²) in [4.78, 5) is 25.7. The van der Waals surface area contributed by atoms with Crippen LogP contribution in [0.15, 0.2) is 85.2 Å². The molecule has 2 aromatic heterocycles. The lowest BCUT2D eigenvalue weighted by molar-refractivity contribution is -0.153. The maximum absolute atomic E-state index is 13.1. The van der Waals surface area contributed by atoms with E-state index in [1.54, 1.807) is 0 Å². The van der Waals surface area contributed by atoms with Gasteiger partial charge in [0, 0.05) is 72.0 Å². The summed E-state index contributed by atoms with van der Waals surface area (Å²) in [7, 11) is 0. The molecular formula is C40H48N4O2. The van der Waals surface area contributed by atoms with Gasteiger partial charge in [-0.25, -0.2) is 0 Å². The molecule has 0 amide bonds. The van der Waals surface area contributed by atoms with Gasteiger partial charge in [0.15, 0.2) is 0 Å². The van der Waals surface area contributed by atoms with Crippen molar-refractivity contribution in [2.45, 2.75) is 70.0 Å². The number of aromatic amines is 2. The summed E-state index contributed by atoms with van der Waals surface area (Å²) in [5.74, 6) is 1.66. The van der Waals surface area contributed by atoms with Gasteiger partial charge in [-0.1, -0.05) is 60.7 Å². The van der Waals surface area contributed by atoms with Crippen molar-refractivity contribution in [3.05, 3.63) is 96.4 Å².